The summed E-state index contributed by atoms with van der Waals surface area (Å²) < 4.78 is 0. The molecule has 0 aliphatic heterocycles. The van der Waals surface area contributed by atoms with Crippen LogP contribution < -0.4 is 0 Å². The first kappa shape index (κ1) is 16.3. The van der Waals surface area contributed by atoms with E-state index in [-0.39, 0.29) is 0 Å². The van der Waals surface area contributed by atoms with Gasteiger partial charge in [-0.3, -0.25) is 0 Å². The van der Waals surface area contributed by atoms with Gasteiger partial charge in [0.2, 0.25) is 0 Å². The van der Waals surface area contributed by atoms with Crippen molar-refractivity contribution in [2.24, 2.45) is 0 Å². The Labute approximate surface area is 145 Å². The summed E-state index contributed by atoms with van der Waals surface area (Å²) >= 11 is 12.3. The molecule has 5 heteroatoms. The van der Waals surface area contributed by atoms with Crippen LogP contribution in [0.25, 0.3) is 10.9 Å². The van der Waals surface area contributed by atoms with Gasteiger partial charge in [-0.2, -0.15) is 0 Å². The van der Waals surface area contributed by atoms with Gasteiger partial charge in [0, 0.05) is 33.1 Å². The Morgan fingerprint density at radius 2 is 1.91 bits per heavy atom. The molecule has 0 radical (unpaired) electrons. The number of H-pyrrole nitrogens is 1. The van der Waals surface area contributed by atoms with Crippen LogP contribution in [0, 0.1) is 6.92 Å². The number of hydrogen-bond donors (Lipinski definition) is 1. The van der Waals surface area contributed by atoms with Crippen molar-refractivity contribution in [2.45, 2.75) is 20.0 Å². The highest BCUT2D eigenvalue weighted by Gasteiger charge is 2.12. The molecular weight excluding hydrogens is 333 g/mol. The van der Waals surface area contributed by atoms with E-state index in [0.717, 1.165) is 28.8 Å². The summed E-state index contributed by atoms with van der Waals surface area (Å²) in [7, 11) is 1.51. The lowest BCUT2D eigenvalue weighted by Crippen LogP contribution is -1.93. The van der Waals surface area contributed by atoms with Crippen LogP contribution >= 0.6 is 23.2 Å². The summed E-state index contributed by atoms with van der Waals surface area (Å²) in [6, 6.07) is 11.8. The van der Waals surface area contributed by atoms with Gasteiger partial charge in [0.1, 0.15) is 6.61 Å². The van der Waals surface area contributed by atoms with Gasteiger partial charge in [-0.1, -0.05) is 35.3 Å². The molecule has 0 saturated carbocycles. The Bertz CT molecular complexity index is 842. The molecule has 0 unspecified atom stereocenters. The molecule has 0 atom stereocenters. The molecule has 120 valence electrons. The molecular formula is C18H17Cl2NO2. The van der Waals surface area contributed by atoms with Crippen LogP contribution in [0.1, 0.15) is 22.4 Å². The molecule has 3 nitrogen and oxygen atoms in total. The fraction of sp³-hybridized carbons (Fsp3) is 0.222. The van der Waals surface area contributed by atoms with E-state index >= 15 is 0 Å². The number of aromatic nitrogens is 1. The molecule has 23 heavy (non-hydrogen) atoms. The zero-order chi connectivity index (χ0) is 16.4. The number of benzene rings is 2. The SMILES string of the molecule is COOCc1ccc2[nH]c(C)c(Cc3ccc(Cl)cc3Cl)c2c1. The lowest BCUT2D eigenvalue weighted by Gasteiger charge is -2.06. The Balaban J connectivity index is 2.00. The third kappa shape index (κ3) is 3.54. The van der Waals surface area contributed by atoms with Crippen LogP contribution in [0.4, 0.5) is 0 Å². The van der Waals surface area contributed by atoms with E-state index in [0.29, 0.717) is 16.7 Å². The molecule has 0 spiro atoms. The molecule has 0 amide bonds. The smallest absolute Gasteiger partial charge is 0.107 e. The number of hydrogen-bond acceptors (Lipinski definition) is 2. The molecule has 0 bridgehead atoms. The van der Waals surface area contributed by atoms with Gasteiger partial charge in [-0.05, 0) is 47.9 Å². The average molecular weight is 350 g/mol. The zero-order valence-electron chi connectivity index (χ0n) is 13.0. The molecule has 3 rings (SSSR count). The number of aryl methyl sites for hydroxylation is 1. The molecule has 0 aliphatic rings. The van der Waals surface area contributed by atoms with Gasteiger partial charge >= 0.3 is 0 Å². The highest BCUT2D eigenvalue weighted by atomic mass is 35.5. The van der Waals surface area contributed by atoms with Crippen molar-refractivity contribution >= 4 is 34.1 Å². The van der Waals surface area contributed by atoms with Crippen molar-refractivity contribution in [3.05, 3.63) is 68.8 Å². The fourth-order valence-corrected chi connectivity index (χ4v) is 3.20. The molecule has 0 aliphatic carbocycles. The predicted octanol–water partition coefficient (Wildman–Crippen LogP) is 5.45. The predicted molar refractivity (Wildman–Crippen MR) is 94.1 cm³/mol. The minimum atomic E-state index is 0.414. The van der Waals surface area contributed by atoms with Crippen LogP contribution in [0.3, 0.4) is 0 Å². The Morgan fingerprint density at radius 1 is 1.09 bits per heavy atom. The minimum Gasteiger partial charge on any atom is -0.358 e. The molecule has 0 saturated heterocycles. The Kier molecular flexibility index (Phi) is 4.93. The quantitative estimate of drug-likeness (QED) is 0.490. The van der Waals surface area contributed by atoms with Crippen molar-refractivity contribution < 1.29 is 9.78 Å². The van der Waals surface area contributed by atoms with Gasteiger partial charge in [0.05, 0.1) is 7.11 Å². The van der Waals surface area contributed by atoms with Crippen molar-refractivity contribution in [1.29, 1.82) is 0 Å². The van der Waals surface area contributed by atoms with E-state index in [1.165, 1.54) is 18.1 Å². The maximum atomic E-state index is 6.32. The maximum Gasteiger partial charge on any atom is 0.107 e. The summed E-state index contributed by atoms with van der Waals surface area (Å²) in [4.78, 5) is 13.1. The van der Waals surface area contributed by atoms with E-state index in [1.807, 2.05) is 18.2 Å². The standard InChI is InChI=1S/C18H17Cl2NO2/c1-11-15(8-13-4-5-14(19)9-17(13)20)16-7-12(10-23-22-2)3-6-18(16)21-11/h3-7,9,21H,8,10H2,1-2H3. The number of halogens is 2. The summed E-state index contributed by atoms with van der Waals surface area (Å²) in [6.07, 6.45) is 0.746. The van der Waals surface area contributed by atoms with Crippen molar-refractivity contribution in [3.63, 3.8) is 0 Å². The van der Waals surface area contributed by atoms with Crippen LogP contribution in [0.15, 0.2) is 36.4 Å². The van der Waals surface area contributed by atoms with Crippen molar-refractivity contribution in [1.82, 2.24) is 4.98 Å². The van der Waals surface area contributed by atoms with E-state index in [4.69, 9.17) is 28.1 Å². The van der Waals surface area contributed by atoms with E-state index in [1.54, 1.807) is 6.07 Å². The Morgan fingerprint density at radius 3 is 2.65 bits per heavy atom. The van der Waals surface area contributed by atoms with Crippen molar-refractivity contribution in [3.8, 4) is 0 Å². The summed E-state index contributed by atoms with van der Waals surface area (Å²) in [5.41, 5.74) is 5.57. The lowest BCUT2D eigenvalue weighted by atomic mass is 10.0. The largest absolute Gasteiger partial charge is 0.358 e. The molecule has 1 N–H and O–H groups in total. The summed E-state index contributed by atoms with van der Waals surface area (Å²) in [5.74, 6) is 0. The van der Waals surface area contributed by atoms with Gasteiger partial charge in [0.25, 0.3) is 0 Å². The first-order valence-corrected chi connectivity index (χ1v) is 8.03. The second-order valence-corrected chi connectivity index (χ2v) is 6.29. The lowest BCUT2D eigenvalue weighted by molar-refractivity contribution is -0.282. The van der Waals surface area contributed by atoms with Gasteiger partial charge < -0.3 is 4.98 Å². The van der Waals surface area contributed by atoms with E-state index < -0.39 is 0 Å². The van der Waals surface area contributed by atoms with Gasteiger partial charge in [0.15, 0.2) is 0 Å². The maximum absolute atomic E-state index is 6.32. The second kappa shape index (κ2) is 6.93. The first-order valence-electron chi connectivity index (χ1n) is 7.28. The second-order valence-electron chi connectivity index (χ2n) is 5.45. The minimum absolute atomic E-state index is 0.414. The van der Waals surface area contributed by atoms with Crippen LogP contribution in [-0.4, -0.2) is 12.1 Å². The monoisotopic (exact) mass is 349 g/mol. The highest BCUT2D eigenvalue weighted by molar-refractivity contribution is 6.35. The Hall–Kier alpha value is -1.52. The molecule has 3 aromatic rings. The molecule has 0 fully saturated rings. The third-order valence-corrected chi connectivity index (χ3v) is 4.50. The zero-order valence-corrected chi connectivity index (χ0v) is 14.5. The highest BCUT2D eigenvalue weighted by Crippen LogP contribution is 2.29. The number of aromatic amines is 1. The van der Waals surface area contributed by atoms with Gasteiger partial charge in [-0.15, -0.1) is 0 Å². The molecule has 2 aromatic carbocycles. The first-order chi connectivity index (χ1) is 11.1. The molecule has 1 aromatic heterocycles. The fourth-order valence-electron chi connectivity index (χ4n) is 2.73. The van der Waals surface area contributed by atoms with Gasteiger partial charge in [-0.25, -0.2) is 9.78 Å². The number of fused-ring (bicyclic) bond motifs is 1. The summed E-state index contributed by atoms with van der Waals surface area (Å²) in [6.45, 7) is 2.49. The van der Waals surface area contributed by atoms with Crippen LogP contribution in [0.5, 0.6) is 0 Å². The summed E-state index contributed by atoms with van der Waals surface area (Å²) in [5, 5.41) is 2.50. The molecule has 1 heterocycles. The topological polar surface area (TPSA) is 34.2 Å². The van der Waals surface area contributed by atoms with Crippen molar-refractivity contribution in [2.75, 3.05) is 7.11 Å². The number of rotatable bonds is 5. The van der Waals surface area contributed by atoms with Crippen LogP contribution in [-0.2, 0) is 22.8 Å². The average Bonchev–Trinajstić information content (AvgIpc) is 2.83. The number of nitrogens with one attached hydrogen (secondary N) is 1. The van der Waals surface area contributed by atoms with Crippen LogP contribution in [0.2, 0.25) is 10.0 Å². The van der Waals surface area contributed by atoms with E-state index in [9.17, 15) is 0 Å². The normalized spacial score (nSPS) is 11.3. The van der Waals surface area contributed by atoms with E-state index in [2.05, 4.69) is 28.9 Å². The third-order valence-electron chi connectivity index (χ3n) is 3.91.